The number of carbonyl (C=O) groups is 5. The third-order valence-corrected chi connectivity index (χ3v) is 12.4. The van der Waals surface area contributed by atoms with Crippen LogP contribution in [0.3, 0.4) is 0 Å². The van der Waals surface area contributed by atoms with E-state index in [4.69, 9.17) is 37.9 Å². The van der Waals surface area contributed by atoms with Crippen molar-refractivity contribution in [2.75, 3.05) is 14.2 Å². The summed E-state index contributed by atoms with van der Waals surface area (Å²) >= 11 is 0. The molecule has 0 radical (unpaired) electrons. The van der Waals surface area contributed by atoms with Gasteiger partial charge in [-0.2, -0.15) is 0 Å². The first-order valence-electron chi connectivity index (χ1n) is 21.9. The highest BCUT2D eigenvalue weighted by Crippen LogP contribution is 2.50. The van der Waals surface area contributed by atoms with Crippen LogP contribution < -0.4 is 0 Å². The molecule has 11 atom stereocenters. The van der Waals surface area contributed by atoms with Gasteiger partial charge in [-0.1, -0.05) is 77.0 Å². The van der Waals surface area contributed by atoms with Gasteiger partial charge in [0.2, 0.25) is 5.79 Å². The monoisotopic (exact) mass is 904 g/mol. The van der Waals surface area contributed by atoms with Crippen molar-refractivity contribution in [2.45, 2.75) is 179 Å². The van der Waals surface area contributed by atoms with Gasteiger partial charge in [-0.05, 0) is 38.2 Å². The smallest absolute Gasteiger partial charge is 0.331 e. The fourth-order valence-electron chi connectivity index (χ4n) is 8.57. The Bertz CT molecular complexity index is 1830. The van der Waals surface area contributed by atoms with Crippen LogP contribution in [-0.2, 0) is 61.9 Å². The summed E-state index contributed by atoms with van der Waals surface area (Å²) in [7, 11) is 2.40. The van der Waals surface area contributed by atoms with Gasteiger partial charge in [-0.3, -0.25) is 9.59 Å². The van der Waals surface area contributed by atoms with E-state index in [1.54, 1.807) is 45.9 Å². The van der Waals surface area contributed by atoms with Crippen LogP contribution in [0.15, 0.2) is 59.8 Å². The van der Waals surface area contributed by atoms with Gasteiger partial charge < -0.3 is 58.3 Å². The third kappa shape index (κ3) is 13.4. The molecule has 4 heterocycles. The van der Waals surface area contributed by atoms with Crippen molar-refractivity contribution in [3.8, 4) is 0 Å². The van der Waals surface area contributed by atoms with Gasteiger partial charge in [0.15, 0.2) is 11.9 Å². The zero-order valence-electron chi connectivity index (χ0n) is 38.5. The Hall–Kier alpha value is -4.23. The van der Waals surface area contributed by atoms with Crippen LogP contribution in [0.2, 0.25) is 0 Å². The quantitative estimate of drug-likeness (QED) is 0.0830. The molecule has 3 fully saturated rings. The van der Waals surface area contributed by atoms with Crippen molar-refractivity contribution in [2.24, 2.45) is 10.8 Å². The number of allylic oxidation sites excluding steroid dienone is 3. The Kier molecular flexibility index (Phi) is 18.3. The van der Waals surface area contributed by atoms with E-state index in [0.717, 1.165) is 32.1 Å². The van der Waals surface area contributed by atoms with Crippen LogP contribution in [0.25, 0.3) is 0 Å². The minimum absolute atomic E-state index is 0.0721. The van der Waals surface area contributed by atoms with Crippen LogP contribution in [0.5, 0.6) is 0 Å². The highest BCUT2D eigenvalue weighted by atomic mass is 16.7. The number of rotatable bonds is 9. The zero-order chi connectivity index (χ0) is 47.6. The van der Waals surface area contributed by atoms with Crippen LogP contribution in [0.1, 0.15) is 113 Å². The molecule has 3 saturated heterocycles. The van der Waals surface area contributed by atoms with E-state index < -0.39 is 114 Å². The van der Waals surface area contributed by atoms with E-state index in [1.807, 2.05) is 13.0 Å². The first kappa shape index (κ1) is 52.4. The second-order valence-electron chi connectivity index (χ2n) is 18.3. The van der Waals surface area contributed by atoms with Gasteiger partial charge in [0.1, 0.15) is 12.2 Å². The minimum atomic E-state index is -2.47. The summed E-state index contributed by atoms with van der Waals surface area (Å²) in [6.45, 7) is 11.2. The Labute approximate surface area is 375 Å². The maximum Gasteiger partial charge on any atom is 0.331 e. The average Bonchev–Trinajstić information content (AvgIpc) is 3.19. The first-order chi connectivity index (χ1) is 29.9. The van der Waals surface area contributed by atoms with Crippen molar-refractivity contribution in [1.82, 2.24) is 0 Å². The fraction of sp³-hybridized carbons (Fsp3) is 0.681. The Morgan fingerprint density at radius 1 is 0.875 bits per heavy atom. The van der Waals surface area contributed by atoms with Gasteiger partial charge in [0.25, 0.3) is 0 Å². The van der Waals surface area contributed by atoms with Crippen molar-refractivity contribution in [3.05, 3.63) is 59.8 Å². The molecule has 6 bridgehead atoms. The van der Waals surface area contributed by atoms with Crippen molar-refractivity contribution in [3.63, 3.8) is 0 Å². The summed E-state index contributed by atoms with van der Waals surface area (Å²) in [5.41, 5.74) is -2.06. The molecular formula is C47H68O17. The molecular weight excluding hydrogens is 836 g/mol. The number of aliphatic hydroxyl groups excluding tert-OH is 2. The van der Waals surface area contributed by atoms with E-state index in [2.05, 4.69) is 0 Å². The van der Waals surface area contributed by atoms with E-state index in [0.29, 0.717) is 5.57 Å². The molecule has 64 heavy (non-hydrogen) atoms. The highest BCUT2D eigenvalue weighted by Gasteiger charge is 2.59. The summed E-state index contributed by atoms with van der Waals surface area (Å²) in [6.07, 6.45) is 2.55. The molecule has 4 aliphatic heterocycles. The molecule has 4 N–H and O–H groups in total. The SMILES string of the molecule is CCCC=CC=CC(=O)O[C@H]1C(=CC(=O)OC)C[C@H]2C[C@H]([C@@H](C)O)OC(=O)C[C@H](O)C[C@@H]3C[C@H](OC(C)=O)C(C)(C)[C@](O)(C[C@@H]4CC(=CC(=O)OC)C[C@H](C=CC(C)(C)[C@]1(O)O2)O4)O3. The lowest BCUT2D eigenvalue weighted by atomic mass is 9.70. The number of hydrogen-bond donors (Lipinski definition) is 4. The summed E-state index contributed by atoms with van der Waals surface area (Å²) in [6, 6.07) is 0. The van der Waals surface area contributed by atoms with E-state index in [9.17, 15) is 44.4 Å². The number of ether oxygens (including phenoxy) is 8. The molecule has 0 aromatic carbocycles. The first-order valence-corrected chi connectivity index (χ1v) is 21.9. The van der Waals surface area contributed by atoms with E-state index in [1.165, 1.54) is 33.1 Å². The Morgan fingerprint density at radius 3 is 2.20 bits per heavy atom. The van der Waals surface area contributed by atoms with Crippen LogP contribution in [0.4, 0.5) is 0 Å². The molecule has 0 aromatic heterocycles. The molecule has 0 unspecified atom stereocenters. The average molecular weight is 905 g/mol. The fourth-order valence-corrected chi connectivity index (χ4v) is 8.57. The normalized spacial score (nSPS) is 35.3. The Balaban J connectivity index is 1.89. The van der Waals surface area contributed by atoms with Gasteiger partial charge in [0.05, 0.1) is 62.7 Å². The molecule has 4 rings (SSSR count). The van der Waals surface area contributed by atoms with Gasteiger partial charge in [-0.25, -0.2) is 14.4 Å². The lowest BCUT2D eigenvalue weighted by Gasteiger charge is -2.53. The number of unbranched alkanes of at least 4 members (excludes halogenated alkanes) is 1. The largest absolute Gasteiger partial charge is 0.466 e. The number of carbonyl (C=O) groups excluding carboxylic acids is 5. The predicted molar refractivity (Wildman–Crippen MR) is 228 cm³/mol. The highest BCUT2D eigenvalue weighted by molar-refractivity contribution is 5.85. The molecule has 358 valence electrons. The molecule has 0 aliphatic carbocycles. The lowest BCUT2D eigenvalue weighted by molar-refractivity contribution is -0.348. The van der Waals surface area contributed by atoms with Crippen LogP contribution in [0, 0.1) is 10.8 Å². The second-order valence-corrected chi connectivity index (χ2v) is 18.3. The summed E-state index contributed by atoms with van der Waals surface area (Å²) in [5, 5.41) is 47.5. The van der Waals surface area contributed by atoms with Crippen molar-refractivity contribution >= 4 is 29.8 Å². The molecule has 0 saturated carbocycles. The number of esters is 5. The van der Waals surface area contributed by atoms with Gasteiger partial charge in [-0.15, -0.1) is 0 Å². The molecule has 0 aromatic rings. The topological polar surface area (TPSA) is 240 Å². The zero-order valence-corrected chi connectivity index (χ0v) is 38.5. The Morgan fingerprint density at radius 2 is 1.56 bits per heavy atom. The maximum absolute atomic E-state index is 13.4. The van der Waals surface area contributed by atoms with Crippen molar-refractivity contribution < 1.29 is 82.3 Å². The molecule has 0 amide bonds. The van der Waals surface area contributed by atoms with Crippen LogP contribution in [-0.4, -0.2) is 131 Å². The predicted octanol–water partition coefficient (Wildman–Crippen LogP) is 4.28. The van der Waals surface area contributed by atoms with Gasteiger partial charge in [0, 0.05) is 56.3 Å². The number of methoxy groups -OCH3 is 2. The number of cyclic esters (lactones) is 1. The lowest BCUT2D eigenvalue weighted by Crippen LogP contribution is -2.62. The number of fused-ring (bicyclic) bond motifs is 6. The second kappa shape index (κ2) is 22.3. The van der Waals surface area contributed by atoms with Gasteiger partial charge >= 0.3 is 29.8 Å². The molecule has 4 aliphatic rings. The molecule has 0 spiro atoms. The maximum atomic E-state index is 13.4. The van der Waals surface area contributed by atoms with E-state index >= 15 is 0 Å². The summed E-state index contributed by atoms with van der Waals surface area (Å²) in [5.74, 6) is -8.31. The number of aliphatic hydroxyl groups is 4. The van der Waals surface area contributed by atoms with Crippen LogP contribution >= 0.6 is 0 Å². The third-order valence-electron chi connectivity index (χ3n) is 12.4. The number of hydrogen-bond acceptors (Lipinski definition) is 17. The molecule has 17 heteroatoms. The molecule has 17 nitrogen and oxygen atoms in total. The minimum Gasteiger partial charge on any atom is -0.466 e. The summed E-state index contributed by atoms with van der Waals surface area (Å²) in [4.78, 5) is 64.7. The van der Waals surface area contributed by atoms with E-state index in [-0.39, 0.29) is 50.5 Å². The summed E-state index contributed by atoms with van der Waals surface area (Å²) < 4.78 is 46.7. The van der Waals surface area contributed by atoms with Crippen molar-refractivity contribution in [1.29, 1.82) is 0 Å². The standard InChI is InChI=1S/C47H68O17/c1-10-11-12-13-14-15-39(51)62-43-31(22-41(53)58-9)21-34-25-37(28(2)48)61-42(54)24-32(50)23-35-26-38(59-29(3)49)45(6,7)46(55,63-35)27-36-19-30(20-40(52)57-8)18-33(60-36)16-17-44(4,5)47(43,56)64-34/h12-17,20,22,28,32-38,43,48,50,55-56H,10-11,18-19,21,23-27H2,1-9H3/t28-,32-,33+,34+,35-,36+,37-,38+,43+,46+,47-/m1/s1.